The van der Waals surface area contributed by atoms with E-state index in [1.807, 2.05) is 0 Å². The summed E-state index contributed by atoms with van der Waals surface area (Å²) >= 11 is 3.46. The molecule has 1 saturated carbocycles. The molecule has 3 aliphatic rings. The molecule has 1 aromatic carbocycles. The van der Waals surface area contributed by atoms with Gasteiger partial charge in [-0.25, -0.2) is 0 Å². The van der Waals surface area contributed by atoms with E-state index >= 15 is 0 Å². The monoisotopic (exact) mass is 389 g/mol. The molecule has 0 N–H and O–H groups in total. The van der Waals surface area contributed by atoms with Crippen molar-refractivity contribution in [2.75, 3.05) is 32.8 Å². The van der Waals surface area contributed by atoms with Crippen molar-refractivity contribution in [3.63, 3.8) is 0 Å². The SMILES string of the molecule is Brc1ccc(C#CC2[C@H]3CN(CCOC4CCCCO4)C[C@@H]23)cc1. The maximum Gasteiger partial charge on any atom is 0.157 e. The molecule has 0 amide bonds. The molecular weight excluding hydrogens is 366 g/mol. The van der Waals surface area contributed by atoms with Gasteiger partial charge in [0.05, 0.1) is 6.61 Å². The second-order valence-electron chi connectivity index (χ2n) is 7.06. The van der Waals surface area contributed by atoms with Gasteiger partial charge in [0.1, 0.15) is 0 Å². The second-order valence-corrected chi connectivity index (χ2v) is 7.97. The number of halogens is 1. The number of piperidine rings is 1. The summed E-state index contributed by atoms with van der Waals surface area (Å²) in [5, 5.41) is 0. The van der Waals surface area contributed by atoms with E-state index in [4.69, 9.17) is 9.47 Å². The largest absolute Gasteiger partial charge is 0.353 e. The molecule has 2 heterocycles. The Morgan fingerprint density at radius 3 is 2.67 bits per heavy atom. The molecule has 0 radical (unpaired) electrons. The summed E-state index contributed by atoms with van der Waals surface area (Å²) in [6, 6.07) is 8.25. The predicted molar refractivity (Wildman–Crippen MR) is 97.5 cm³/mol. The van der Waals surface area contributed by atoms with E-state index in [9.17, 15) is 0 Å². The van der Waals surface area contributed by atoms with Crippen LogP contribution in [-0.4, -0.2) is 44.0 Å². The number of ether oxygens (including phenoxy) is 2. The predicted octanol–water partition coefficient (Wildman–Crippen LogP) is 3.52. The van der Waals surface area contributed by atoms with Gasteiger partial charge in [-0.2, -0.15) is 0 Å². The van der Waals surface area contributed by atoms with Crippen LogP contribution in [0.15, 0.2) is 28.7 Å². The molecule has 2 saturated heterocycles. The van der Waals surface area contributed by atoms with Gasteiger partial charge in [-0.3, -0.25) is 0 Å². The molecule has 2 aliphatic heterocycles. The summed E-state index contributed by atoms with van der Waals surface area (Å²) in [6.45, 7) is 5.04. The van der Waals surface area contributed by atoms with Crippen molar-refractivity contribution in [2.24, 2.45) is 17.8 Å². The summed E-state index contributed by atoms with van der Waals surface area (Å²) in [6.07, 6.45) is 3.51. The lowest BCUT2D eigenvalue weighted by Crippen LogP contribution is -2.31. The maximum absolute atomic E-state index is 5.84. The molecule has 3 fully saturated rings. The summed E-state index contributed by atoms with van der Waals surface area (Å²) in [7, 11) is 0. The van der Waals surface area contributed by atoms with Gasteiger partial charge in [-0.05, 0) is 55.4 Å². The zero-order valence-corrected chi connectivity index (χ0v) is 15.5. The van der Waals surface area contributed by atoms with Crippen molar-refractivity contribution in [2.45, 2.75) is 25.6 Å². The lowest BCUT2D eigenvalue weighted by atomic mass is 10.2. The first-order chi connectivity index (χ1) is 11.8. The van der Waals surface area contributed by atoms with E-state index in [1.165, 1.54) is 25.9 Å². The van der Waals surface area contributed by atoms with Crippen LogP contribution in [0.1, 0.15) is 24.8 Å². The fourth-order valence-electron chi connectivity index (χ4n) is 3.87. The van der Waals surface area contributed by atoms with Crippen LogP contribution >= 0.6 is 15.9 Å². The maximum atomic E-state index is 5.84. The van der Waals surface area contributed by atoms with Crippen molar-refractivity contribution in [1.29, 1.82) is 0 Å². The van der Waals surface area contributed by atoms with Gasteiger partial charge in [0.25, 0.3) is 0 Å². The summed E-state index contributed by atoms with van der Waals surface area (Å²) in [4.78, 5) is 2.52. The molecule has 1 aromatic rings. The Morgan fingerprint density at radius 2 is 1.96 bits per heavy atom. The topological polar surface area (TPSA) is 21.7 Å². The highest BCUT2D eigenvalue weighted by molar-refractivity contribution is 9.10. The average molecular weight is 390 g/mol. The van der Waals surface area contributed by atoms with Gasteiger partial charge in [0, 0.05) is 42.2 Å². The van der Waals surface area contributed by atoms with Crippen molar-refractivity contribution in [3.8, 4) is 11.8 Å². The molecule has 3 nitrogen and oxygen atoms in total. The quantitative estimate of drug-likeness (QED) is 0.735. The summed E-state index contributed by atoms with van der Waals surface area (Å²) < 4.78 is 12.6. The molecule has 2 unspecified atom stereocenters. The van der Waals surface area contributed by atoms with Crippen molar-refractivity contribution >= 4 is 15.9 Å². The fraction of sp³-hybridized carbons (Fsp3) is 0.600. The first-order valence-corrected chi connectivity index (χ1v) is 9.81. The molecule has 24 heavy (non-hydrogen) atoms. The van der Waals surface area contributed by atoms with E-state index in [1.54, 1.807) is 0 Å². The number of fused-ring (bicyclic) bond motifs is 1. The first kappa shape index (κ1) is 16.6. The average Bonchev–Trinajstić information content (AvgIpc) is 3.07. The van der Waals surface area contributed by atoms with Gasteiger partial charge in [-0.1, -0.05) is 27.8 Å². The Morgan fingerprint density at radius 1 is 1.17 bits per heavy atom. The first-order valence-electron chi connectivity index (χ1n) is 9.02. The summed E-state index contributed by atoms with van der Waals surface area (Å²) in [5.41, 5.74) is 1.11. The third kappa shape index (κ3) is 4.03. The van der Waals surface area contributed by atoms with Gasteiger partial charge < -0.3 is 14.4 Å². The molecule has 4 atom stereocenters. The smallest absolute Gasteiger partial charge is 0.157 e. The number of nitrogens with zero attached hydrogens (tertiary/aromatic N) is 1. The number of likely N-dealkylation sites (tertiary alicyclic amines) is 1. The van der Waals surface area contributed by atoms with E-state index in [-0.39, 0.29) is 6.29 Å². The third-order valence-electron chi connectivity index (χ3n) is 5.35. The highest BCUT2D eigenvalue weighted by Crippen LogP contribution is 2.51. The molecule has 1 aliphatic carbocycles. The van der Waals surface area contributed by atoms with Crippen LogP contribution in [0.4, 0.5) is 0 Å². The van der Waals surface area contributed by atoms with Gasteiger partial charge in [0.2, 0.25) is 0 Å². The van der Waals surface area contributed by atoms with Crippen LogP contribution in [0.2, 0.25) is 0 Å². The van der Waals surface area contributed by atoms with Crippen molar-refractivity contribution in [3.05, 3.63) is 34.3 Å². The Kier molecular flexibility index (Phi) is 5.24. The minimum Gasteiger partial charge on any atom is -0.353 e. The highest BCUT2D eigenvalue weighted by Gasteiger charge is 2.54. The minimum absolute atomic E-state index is 0.0420. The Balaban J connectivity index is 1.17. The molecule has 0 aromatic heterocycles. The lowest BCUT2D eigenvalue weighted by Gasteiger charge is -2.24. The molecule has 4 rings (SSSR count). The fourth-order valence-corrected chi connectivity index (χ4v) is 4.13. The number of hydrogen-bond donors (Lipinski definition) is 0. The molecule has 4 heteroatoms. The molecule has 0 bridgehead atoms. The molecule has 128 valence electrons. The van der Waals surface area contributed by atoms with Gasteiger partial charge >= 0.3 is 0 Å². The third-order valence-corrected chi connectivity index (χ3v) is 5.87. The zero-order chi connectivity index (χ0) is 16.4. The van der Waals surface area contributed by atoms with Gasteiger partial charge in [0.15, 0.2) is 6.29 Å². The van der Waals surface area contributed by atoms with E-state index in [0.717, 1.165) is 48.1 Å². The minimum atomic E-state index is 0.0420. The standard InChI is InChI=1S/C20H24BrNO2/c21-16-7-4-15(5-8-16)6-9-17-18-13-22(14-19(17)18)10-12-24-20-3-1-2-11-23-20/h4-5,7-8,17-20H,1-3,10-14H2/t17?,18-,19+,20?. The van der Waals surface area contributed by atoms with Crippen LogP contribution in [0, 0.1) is 29.6 Å². The number of hydrogen-bond acceptors (Lipinski definition) is 3. The van der Waals surface area contributed by atoms with E-state index in [0.29, 0.717) is 5.92 Å². The van der Waals surface area contributed by atoms with Gasteiger partial charge in [-0.15, -0.1) is 0 Å². The van der Waals surface area contributed by atoms with Crippen LogP contribution in [0.3, 0.4) is 0 Å². The van der Waals surface area contributed by atoms with Crippen LogP contribution in [0.25, 0.3) is 0 Å². The normalized spacial score (nSPS) is 32.0. The lowest BCUT2D eigenvalue weighted by molar-refractivity contribution is -0.164. The summed E-state index contributed by atoms with van der Waals surface area (Å²) in [5.74, 6) is 8.97. The zero-order valence-electron chi connectivity index (χ0n) is 13.9. The number of benzene rings is 1. The Labute approximate surface area is 152 Å². The van der Waals surface area contributed by atoms with Crippen molar-refractivity contribution < 1.29 is 9.47 Å². The van der Waals surface area contributed by atoms with Crippen LogP contribution in [0.5, 0.6) is 0 Å². The van der Waals surface area contributed by atoms with Crippen molar-refractivity contribution in [1.82, 2.24) is 4.90 Å². The van der Waals surface area contributed by atoms with Crippen LogP contribution < -0.4 is 0 Å². The second kappa shape index (κ2) is 7.58. The molecular formula is C20H24BrNO2. The highest BCUT2D eigenvalue weighted by atomic mass is 79.9. The Hall–Kier alpha value is -0.860. The number of rotatable bonds is 4. The van der Waals surface area contributed by atoms with E-state index in [2.05, 4.69) is 56.9 Å². The Bertz CT molecular complexity index is 603. The molecule has 0 spiro atoms. The van der Waals surface area contributed by atoms with E-state index < -0.39 is 0 Å². The van der Waals surface area contributed by atoms with Crippen LogP contribution in [-0.2, 0) is 9.47 Å².